The Labute approximate surface area is 202 Å². The van der Waals surface area contributed by atoms with Gasteiger partial charge < -0.3 is 9.55 Å². The highest BCUT2D eigenvalue weighted by molar-refractivity contribution is 6.07. The molecule has 0 unspecified atom stereocenters. The van der Waals surface area contributed by atoms with Crippen molar-refractivity contribution in [3.8, 4) is 28.5 Å². The number of hydrogen-bond acceptors (Lipinski definition) is 2. The Balaban J connectivity index is 1.73. The summed E-state index contributed by atoms with van der Waals surface area (Å²) in [6, 6.07) is 38.7. The van der Waals surface area contributed by atoms with Gasteiger partial charge in [-0.2, -0.15) is 5.26 Å². The Hall–Kier alpha value is -4.88. The Bertz CT molecular complexity index is 1780. The zero-order valence-corrected chi connectivity index (χ0v) is 18.9. The molecule has 0 aliphatic carbocycles. The zero-order chi connectivity index (χ0) is 23.8. The molecule has 4 aromatic carbocycles. The van der Waals surface area contributed by atoms with Gasteiger partial charge in [0.1, 0.15) is 17.3 Å². The number of H-pyrrole nitrogens is 1. The highest BCUT2D eigenvalue weighted by atomic mass is 16.1. The first-order valence-electron chi connectivity index (χ1n) is 11.5. The number of nitriles is 1. The van der Waals surface area contributed by atoms with Crippen LogP contribution in [-0.2, 0) is 6.54 Å². The van der Waals surface area contributed by atoms with Gasteiger partial charge in [-0.25, -0.2) is 0 Å². The molecule has 0 fully saturated rings. The summed E-state index contributed by atoms with van der Waals surface area (Å²) in [6.45, 7) is 0.589. The topological polar surface area (TPSA) is 61.6 Å². The minimum absolute atomic E-state index is 0.130. The van der Waals surface area contributed by atoms with E-state index in [2.05, 4.69) is 46.0 Å². The molecule has 0 aliphatic rings. The maximum Gasteiger partial charge on any atom is 0.268 e. The molecular weight excluding hydrogens is 430 g/mol. The highest BCUT2D eigenvalue weighted by Gasteiger charge is 2.21. The van der Waals surface area contributed by atoms with Crippen LogP contribution in [0, 0.1) is 11.3 Å². The van der Waals surface area contributed by atoms with E-state index in [1.165, 1.54) is 0 Å². The van der Waals surface area contributed by atoms with Gasteiger partial charge in [-0.05, 0) is 33.5 Å². The van der Waals surface area contributed by atoms with Crippen LogP contribution in [0.2, 0.25) is 0 Å². The standard InChI is InChI=1S/C31H21N3O/c32-19-27-29(25-17-9-15-22-12-7-8-16-24(22)25)26-18-28(23-13-5-2-6-14-23)34(30(26)33-31(27)35)20-21-10-3-1-4-11-21/h1-18H,20H2,(H,33,35). The maximum absolute atomic E-state index is 13.3. The first-order chi connectivity index (χ1) is 17.2. The summed E-state index contributed by atoms with van der Waals surface area (Å²) >= 11 is 0. The molecule has 6 rings (SSSR count). The Morgan fingerprint density at radius 1 is 0.771 bits per heavy atom. The second-order valence-corrected chi connectivity index (χ2v) is 8.57. The van der Waals surface area contributed by atoms with Crippen LogP contribution in [0.3, 0.4) is 0 Å². The van der Waals surface area contributed by atoms with E-state index in [4.69, 9.17) is 0 Å². The van der Waals surface area contributed by atoms with Crippen LogP contribution >= 0.6 is 0 Å². The van der Waals surface area contributed by atoms with Gasteiger partial charge in [-0.1, -0.05) is 103 Å². The molecule has 0 saturated carbocycles. The average molecular weight is 452 g/mol. The molecule has 0 saturated heterocycles. The first kappa shape index (κ1) is 20.7. The second-order valence-electron chi connectivity index (χ2n) is 8.57. The summed E-state index contributed by atoms with van der Waals surface area (Å²) in [7, 11) is 0. The quantitative estimate of drug-likeness (QED) is 0.323. The van der Waals surface area contributed by atoms with E-state index < -0.39 is 0 Å². The second kappa shape index (κ2) is 8.48. The molecule has 2 heterocycles. The lowest BCUT2D eigenvalue weighted by Crippen LogP contribution is -2.14. The van der Waals surface area contributed by atoms with Crippen molar-refractivity contribution in [2.24, 2.45) is 0 Å². The molecule has 0 atom stereocenters. The lowest BCUT2D eigenvalue weighted by Gasteiger charge is -2.13. The average Bonchev–Trinajstić information content (AvgIpc) is 3.26. The van der Waals surface area contributed by atoms with Crippen molar-refractivity contribution in [3.05, 3.63) is 131 Å². The smallest absolute Gasteiger partial charge is 0.268 e. The van der Waals surface area contributed by atoms with Gasteiger partial charge in [0.05, 0.1) is 5.69 Å². The molecule has 166 valence electrons. The van der Waals surface area contributed by atoms with E-state index in [-0.39, 0.29) is 11.1 Å². The summed E-state index contributed by atoms with van der Waals surface area (Å²) in [5.41, 5.74) is 5.16. The monoisotopic (exact) mass is 451 g/mol. The third kappa shape index (κ3) is 3.51. The molecule has 4 nitrogen and oxygen atoms in total. The van der Waals surface area contributed by atoms with Crippen molar-refractivity contribution in [2.75, 3.05) is 0 Å². The van der Waals surface area contributed by atoms with Gasteiger partial charge in [0.25, 0.3) is 5.56 Å². The van der Waals surface area contributed by atoms with Crippen molar-refractivity contribution in [1.82, 2.24) is 9.55 Å². The molecule has 35 heavy (non-hydrogen) atoms. The first-order valence-corrected chi connectivity index (χ1v) is 11.5. The fourth-order valence-corrected chi connectivity index (χ4v) is 4.90. The lowest BCUT2D eigenvalue weighted by molar-refractivity contribution is 0.831. The van der Waals surface area contributed by atoms with Crippen LogP contribution in [0.1, 0.15) is 11.1 Å². The fraction of sp³-hybridized carbons (Fsp3) is 0.0323. The molecule has 4 heteroatoms. The van der Waals surface area contributed by atoms with Crippen molar-refractivity contribution in [3.63, 3.8) is 0 Å². The Kier molecular flexibility index (Phi) is 5.02. The van der Waals surface area contributed by atoms with Crippen LogP contribution in [0.15, 0.2) is 114 Å². The van der Waals surface area contributed by atoms with Gasteiger partial charge in [0.2, 0.25) is 0 Å². The van der Waals surface area contributed by atoms with E-state index >= 15 is 0 Å². The summed E-state index contributed by atoms with van der Waals surface area (Å²) in [5.74, 6) is 0. The number of fused-ring (bicyclic) bond motifs is 2. The predicted molar refractivity (Wildman–Crippen MR) is 141 cm³/mol. The third-order valence-electron chi connectivity index (χ3n) is 6.50. The van der Waals surface area contributed by atoms with Crippen LogP contribution < -0.4 is 5.56 Å². The highest BCUT2D eigenvalue weighted by Crippen LogP contribution is 2.38. The van der Waals surface area contributed by atoms with Crippen molar-refractivity contribution in [1.29, 1.82) is 5.26 Å². The SMILES string of the molecule is N#Cc1c(-c2cccc3ccccc23)c2cc(-c3ccccc3)n(Cc3ccccc3)c2[nH]c1=O. The van der Waals surface area contributed by atoms with Crippen molar-refractivity contribution < 1.29 is 0 Å². The minimum Gasteiger partial charge on any atom is -0.322 e. The number of benzene rings is 4. The van der Waals surface area contributed by atoms with Crippen LogP contribution in [0.25, 0.3) is 44.2 Å². The van der Waals surface area contributed by atoms with Crippen LogP contribution in [-0.4, -0.2) is 9.55 Å². The number of nitrogens with one attached hydrogen (secondary N) is 1. The van der Waals surface area contributed by atoms with E-state index in [9.17, 15) is 10.1 Å². The Morgan fingerprint density at radius 2 is 1.46 bits per heavy atom. The van der Waals surface area contributed by atoms with Crippen molar-refractivity contribution in [2.45, 2.75) is 6.54 Å². The number of aromatic amines is 1. The molecule has 2 aromatic heterocycles. The molecule has 1 N–H and O–H groups in total. The maximum atomic E-state index is 13.3. The molecule has 0 aliphatic heterocycles. The Morgan fingerprint density at radius 3 is 2.23 bits per heavy atom. The van der Waals surface area contributed by atoms with Gasteiger partial charge in [0.15, 0.2) is 0 Å². The van der Waals surface area contributed by atoms with Crippen LogP contribution in [0.4, 0.5) is 0 Å². The lowest BCUT2D eigenvalue weighted by atomic mass is 9.93. The van der Waals surface area contributed by atoms with E-state index in [1.54, 1.807) is 0 Å². The number of aromatic nitrogens is 2. The van der Waals surface area contributed by atoms with Gasteiger partial charge in [0, 0.05) is 17.5 Å². The van der Waals surface area contributed by atoms with Crippen LogP contribution in [0.5, 0.6) is 0 Å². The predicted octanol–water partition coefficient (Wildman–Crippen LogP) is 6.74. The molecular formula is C31H21N3O. The summed E-state index contributed by atoms with van der Waals surface area (Å²) in [6.07, 6.45) is 0. The third-order valence-corrected chi connectivity index (χ3v) is 6.50. The van der Waals surface area contributed by atoms with E-state index in [1.807, 2.05) is 78.9 Å². The van der Waals surface area contributed by atoms with Gasteiger partial charge >= 0.3 is 0 Å². The molecule has 6 aromatic rings. The molecule has 0 amide bonds. The summed E-state index contributed by atoms with van der Waals surface area (Å²) in [4.78, 5) is 16.3. The minimum atomic E-state index is -0.380. The molecule has 0 bridgehead atoms. The normalized spacial score (nSPS) is 11.1. The summed E-state index contributed by atoms with van der Waals surface area (Å²) < 4.78 is 2.14. The van der Waals surface area contributed by atoms with E-state index in [0.717, 1.165) is 38.5 Å². The molecule has 0 radical (unpaired) electrons. The zero-order valence-electron chi connectivity index (χ0n) is 18.9. The largest absolute Gasteiger partial charge is 0.322 e. The number of pyridine rings is 1. The van der Waals surface area contributed by atoms with E-state index in [0.29, 0.717) is 17.8 Å². The fourth-order valence-electron chi connectivity index (χ4n) is 4.90. The van der Waals surface area contributed by atoms with Crippen molar-refractivity contribution >= 4 is 21.8 Å². The van der Waals surface area contributed by atoms with Gasteiger partial charge in [-0.3, -0.25) is 4.79 Å². The number of hydrogen-bond donors (Lipinski definition) is 1. The number of rotatable bonds is 4. The summed E-state index contributed by atoms with van der Waals surface area (Å²) in [5, 5.41) is 13.0. The van der Waals surface area contributed by atoms with Gasteiger partial charge in [-0.15, -0.1) is 0 Å². The molecule has 0 spiro atoms. The number of nitrogens with zero attached hydrogens (tertiary/aromatic N) is 2.